The molecule has 4 heteroatoms. The van der Waals surface area contributed by atoms with Crippen LogP contribution >= 0.6 is 0 Å². The summed E-state index contributed by atoms with van der Waals surface area (Å²) in [5.74, 6) is 0.206. The van der Waals surface area contributed by atoms with E-state index in [0.29, 0.717) is 12.1 Å². The zero-order valence-electron chi connectivity index (χ0n) is 21.4. The highest BCUT2D eigenvalue weighted by molar-refractivity contribution is 5.97. The van der Waals surface area contributed by atoms with Crippen molar-refractivity contribution < 1.29 is 4.79 Å². The Kier molecular flexibility index (Phi) is 6.97. The minimum atomic E-state index is 0.172. The maximum Gasteiger partial charge on any atom is 0.254 e. The van der Waals surface area contributed by atoms with Crippen LogP contribution in [0.15, 0.2) is 42.5 Å². The predicted molar refractivity (Wildman–Crippen MR) is 137 cm³/mol. The Labute approximate surface area is 200 Å². The molecule has 178 valence electrons. The lowest BCUT2D eigenvalue weighted by atomic mass is 9.85. The quantitative estimate of drug-likeness (QED) is 0.630. The van der Waals surface area contributed by atoms with E-state index in [9.17, 15) is 4.79 Å². The Hall–Kier alpha value is -2.17. The first-order valence-corrected chi connectivity index (χ1v) is 12.6. The standard InChI is InChI=1S/C29H41N3O/c1-21-10-12-26(13-11-21)25(5)32-19-18-31(20-24(32)4)29(6)14-16-30(17-15-29)28(33)27-22(2)8-7-9-23(27)3/h7-13,24-25H,14-20H2,1-6H3/t24-,25-/m0/s1. The minimum Gasteiger partial charge on any atom is -0.338 e. The number of piperazine rings is 1. The number of aryl methyl sites for hydroxylation is 3. The molecule has 2 atom stereocenters. The molecule has 1 amide bonds. The molecule has 2 aliphatic rings. The van der Waals surface area contributed by atoms with Gasteiger partial charge < -0.3 is 4.90 Å². The van der Waals surface area contributed by atoms with E-state index in [1.807, 2.05) is 32.0 Å². The number of piperidine rings is 1. The van der Waals surface area contributed by atoms with Gasteiger partial charge in [-0.05, 0) is 71.1 Å². The first-order chi connectivity index (χ1) is 15.7. The number of carbonyl (C=O) groups is 1. The molecule has 33 heavy (non-hydrogen) atoms. The molecule has 2 saturated heterocycles. The summed E-state index contributed by atoms with van der Waals surface area (Å²) in [6, 6.07) is 16.1. The van der Waals surface area contributed by atoms with Crippen LogP contribution in [0.5, 0.6) is 0 Å². The SMILES string of the molecule is Cc1ccc([C@H](C)N2CCN(C3(C)CCN(C(=O)c4c(C)cccc4C)CC3)C[C@@H]2C)cc1. The fourth-order valence-corrected chi connectivity index (χ4v) is 5.89. The Morgan fingerprint density at radius 2 is 1.55 bits per heavy atom. The normalized spacial score (nSPS) is 22.8. The summed E-state index contributed by atoms with van der Waals surface area (Å²) < 4.78 is 0. The van der Waals surface area contributed by atoms with Crippen LogP contribution in [-0.2, 0) is 0 Å². The van der Waals surface area contributed by atoms with Crippen LogP contribution in [0.1, 0.15) is 72.3 Å². The molecular formula is C29H41N3O. The van der Waals surface area contributed by atoms with Crippen LogP contribution in [0.25, 0.3) is 0 Å². The van der Waals surface area contributed by atoms with Gasteiger partial charge in [-0.3, -0.25) is 14.6 Å². The highest BCUT2D eigenvalue weighted by Gasteiger charge is 2.40. The van der Waals surface area contributed by atoms with Gasteiger partial charge in [-0.15, -0.1) is 0 Å². The van der Waals surface area contributed by atoms with Crippen molar-refractivity contribution in [2.45, 2.75) is 72.0 Å². The molecule has 2 aromatic rings. The molecule has 0 aromatic heterocycles. The van der Waals surface area contributed by atoms with Crippen LogP contribution in [0, 0.1) is 20.8 Å². The number of hydrogen-bond donors (Lipinski definition) is 0. The van der Waals surface area contributed by atoms with E-state index in [2.05, 4.69) is 66.7 Å². The number of nitrogens with zero attached hydrogens (tertiary/aromatic N) is 3. The number of benzene rings is 2. The monoisotopic (exact) mass is 447 g/mol. The van der Waals surface area contributed by atoms with Gasteiger partial charge in [0.2, 0.25) is 0 Å². The van der Waals surface area contributed by atoms with E-state index >= 15 is 0 Å². The molecule has 4 rings (SSSR count). The summed E-state index contributed by atoms with van der Waals surface area (Å²) >= 11 is 0. The number of likely N-dealkylation sites (tertiary alicyclic amines) is 1. The third-order valence-electron chi connectivity index (χ3n) is 8.32. The van der Waals surface area contributed by atoms with Crippen molar-refractivity contribution >= 4 is 5.91 Å². The molecule has 0 spiro atoms. The molecule has 2 aliphatic heterocycles. The van der Waals surface area contributed by atoms with E-state index < -0.39 is 0 Å². The molecule has 4 nitrogen and oxygen atoms in total. The Bertz CT molecular complexity index is 955. The lowest BCUT2D eigenvalue weighted by Gasteiger charge is -2.52. The van der Waals surface area contributed by atoms with Crippen molar-refractivity contribution in [2.24, 2.45) is 0 Å². The van der Waals surface area contributed by atoms with Crippen molar-refractivity contribution in [2.75, 3.05) is 32.7 Å². The molecule has 0 unspecified atom stereocenters. The molecule has 0 aliphatic carbocycles. The van der Waals surface area contributed by atoms with Gasteiger partial charge >= 0.3 is 0 Å². The van der Waals surface area contributed by atoms with Crippen molar-refractivity contribution in [3.63, 3.8) is 0 Å². The summed E-state index contributed by atoms with van der Waals surface area (Å²) in [5.41, 5.74) is 5.96. The summed E-state index contributed by atoms with van der Waals surface area (Å²) in [5, 5.41) is 0. The largest absolute Gasteiger partial charge is 0.338 e. The highest BCUT2D eigenvalue weighted by Crippen LogP contribution is 2.34. The van der Waals surface area contributed by atoms with Gasteiger partial charge in [0.1, 0.15) is 0 Å². The fraction of sp³-hybridized carbons (Fsp3) is 0.552. The smallest absolute Gasteiger partial charge is 0.254 e. The Balaban J connectivity index is 1.37. The van der Waals surface area contributed by atoms with Gasteiger partial charge in [0.15, 0.2) is 0 Å². The van der Waals surface area contributed by atoms with Gasteiger partial charge in [0.05, 0.1) is 0 Å². The van der Waals surface area contributed by atoms with Gasteiger partial charge in [-0.1, -0.05) is 48.0 Å². The van der Waals surface area contributed by atoms with Crippen LogP contribution in [0.3, 0.4) is 0 Å². The summed E-state index contributed by atoms with van der Waals surface area (Å²) in [6.07, 6.45) is 2.09. The Morgan fingerprint density at radius 3 is 2.12 bits per heavy atom. The Morgan fingerprint density at radius 1 is 0.939 bits per heavy atom. The van der Waals surface area contributed by atoms with E-state index in [1.165, 1.54) is 11.1 Å². The summed E-state index contributed by atoms with van der Waals surface area (Å²) in [6.45, 7) is 18.4. The van der Waals surface area contributed by atoms with Gasteiger partial charge in [0.25, 0.3) is 5.91 Å². The number of hydrogen-bond acceptors (Lipinski definition) is 3. The average molecular weight is 448 g/mol. The first kappa shape index (κ1) is 24.0. The average Bonchev–Trinajstić information content (AvgIpc) is 2.79. The second kappa shape index (κ2) is 9.60. The van der Waals surface area contributed by atoms with Crippen molar-refractivity contribution in [3.05, 3.63) is 70.3 Å². The highest BCUT2D eigenvalue weighted by atomic mass is 16.2. The third-order valence-corrected chi connectivity index (χ3v) is 8.32. The first-order valence-electron chi connectivity index (χ1n) is 12.6. The van der Waals surface area contributed by atoms with Crippen molar-refractivity contribution in [3.8, 4) is 0 Å². The number of rotatable bonds is 4. The number of carbonyl (C=O) groups excluding carboxylic acids is 1. The lowest BCUT2D eigenvalue weighted by molar-refractivity contribution is -0.0278. The number of amides is 1. The molecule has 2 heterocycles. The molecule has 0 N–H and O–H groups in total. The minimum absolute atomic E-state index is 0.172. The molecule has 0 radical (unpaired) electrons. The van der Waals surface area contributed by atoms with Gasteiger partial charge in [0, 0.05) is 55.9 Å². The van der Waals surface area contributed by atoms with Crippen LogP contribution in [0.2, 0.25) is 0 Å². The molecule has 0 bridgehead atoms. The molecule has 2 fully saturated rings. The van der Waals surface area contributed by atoms with Crippen LogP contribution in [-0.4, -0.2) is 64.9 Å². The van der Waals surface area contributed by atoms with E-state index in [0.717, 1.165) is 62.3 Å². The van der Waals surface area contributed by atoms with Crippen molar-refractivity contribution in [1.82, 2.24) is 14.7 Å². The van der Waals surface area contributed by atoms with Gasteiger partial charge in [-0.2, -0.15) is 0 Å². The third kappa shape index (κ3) is 4.88. The summed E-state index contributed by atoms with van der Waals surface area (Å²) in [4.78, 5) is 20.7. The zero-order chi connectivity index (χ0) is 23.8. The second-order valence-corrected chi connectivity index (χ2v) is 10.7. The topological polar surface area (TPSA) is 26.8 Å². The molecule has 0 saturated carbocycles. The molecule has 2 aromatic carbocycles. The lowest BCUT2D eigenvalue weighted by Crippen LogP contribution is -2.62. The van der Waals surface area contributed by atoms with Crippen LogP contribution in [0.4, 0.5) is 0 Å². The van der Waals surface area contributed by atoms with E-state index in [-0.39, 0.29) is 11.4 Å². The predicted octanol–water partition coefficient (Wildman–Crippen LogP) is 5.37. The maximum absolute atomic E-state index is 13.3. The molecular weight excluding hydrogens is 406 g/mol. The zero-order valence-corrected chi connectivity index (χ0v) is 21.4. The van der Waals surface area contributed by atoms with Crippen LogP contribution < -0.4 is 0 Å². The fourth-order valence-electron chi connectivity index (χ4n) is 5.89. The second-order valence-electron chi connectivity index (χ2n) is 10.7. The van der Waals surface area contributed by atoms with E-state index in [1.54, 1.807) is 0 Å². The van der Waals surface area contributed by atoms with E-state index in [4.69, 9.17) is 0 Å². The van der Waals surface area contributed by atoms with Gasteiger partial charge in [-0.25, -0.2) is 0 Å². The van der Waals surface area contributed by atoms with Crippen molar-refractivity contribution in [1.29, 1.82) is 0 Å². The summed E-state index contributed by atoms with van der Waals surface area (Å²) in [7, 11) is 0. The maximum atomic E-state index is 13.3.